The minimum atomic E-state index is -0.959. The molecule has 9 atom stereocenters. The van der Waals surface area contributed by atoms with Crippen LogP contribution in [0.25, 0.3) is 0 Å². The number of carbonyl (C=O) groups is 1. The molecule has 0 bridgehead atoms. The van der Waals surface area contributed by atoms with Crippen molar-refractivity contribution in [3.05, 3.63) is 11.1 Å². The Hall–Kier alpha value is -0.750. The molecule has 0 saturated heterocycles. The average Bonchev–Trinajstić information content (AvgIpc) is 3.13. The zero-order valence-corrected chi connectivity index (χ0v) is 25.0. The quantitative estimate of drug-likeness (QED) is 0.369. The van der Waals surface area contributed by atoms with Crippen LogP contribution in [0.5, 0.6) is 0 Å². The fourth-order valence-electron chi connectivity index (χ4n) is 10.2. The number of rotatable bonds is 7. The molecule has 0 amide bonds. The summed E-state index contributed by atoms with van der Waals surface area (Å²) in [5, 5.41) is 33.7. The number of hydrogen-bond acceptors (Lipinski definition) is 5. The van der Waals surface area contributed by atoms with Gasteiger partial charge in [0.1, 0.15) is 11.9 Å². The van der Waals surface area contributed by atoms with Crippen LogP contribution in [0.2, 0.25) is 0 Å². The van der Waals surface area contributed by atoms with Crippen LogP contribution in [-0.4, -0.2) is 51.6 Å². The third-order valence-electron chi connectivity index (χ3n) is 12.4. The molecule has 3 N–H and O–H groups in total. The molecule has 4 aliphatic carbocycles. The lowest BCUT2D eigenvalue weighted by atomic mass is 9.36. The maximum absolute atomic E-state index is 12.9. The van der Waals surface area contributed by atoms with Crippen molar-refractivity contribution in [1.82, 2.24) is 0 Å². The van der Waals surface area contributed by atoms with Crippen LogP contribution < -0.4 is 0 Å². The van der Waals surface area contributed by atoms with E-state index in [9.17, 15) is 20.1 Å². The molecule has 37 heavy (non-hydrogen) atoms. The molecule has 0 spiro atoms. The number of aliphatic hydroxyl groups excluding tert-OH is 3. The van der Waals surface area contributed by atoms with Gasteiger partial charge in [-0.3, -0.25) is 4.79 Å². The van der Waals surface area contributed by atoms with Gasteiger partial charge in [0, 0.05) is 18.4 Å². The molecular weight excluding hydrogens is 464 g/mol. The highest BCUT2D eigenvalue weighted by atomic mass is 16.5. The fourth-order valence-corrected chi connectivity index (χ4v) is 10.2. The van der Waals surface area contributed by atoms with Crippen molar-refractivity contribution >= 4 is 5.78 Å². The summed E-state index contributed by atoms with van der Waals surface area (Å²) in [7, 11) is 0. The zero-order chi connectivity index (χ0) is 27.8. The number of ether oxygens (including phenoxy) is 1. The molecule has 0 aliphatic heterocycles. The third-order valence-corrected chi connectivity index (χ3v) is 12.4. The summed E-state index contributed by atoms with van der Waals surface area (Å²) in [6.45, 7) is 19.8. The summed E-state index contributed by atoms with van der Waals surface area (Å²) in [5.41, 5.74) is 1.59. The molecular formula is C32H54O5. The molecule has 0 aromatic rings. The largest absolute Gasteiger partial charge is 0.392 e. The van der Waals surface area contributed by atoms with Gasteiger partial charge >= 0.3 is 0 Å². The van der Waals surface area contributed by atoms with Crippen molar-refractivity contribution < 1.29 is 24.9 Å². The van der Waals surface area contributed by atoms with Crippen molar-refractivity contribution in [3.63, 3.8) is 0 Å². The van der Waals surface area contributed by atoms with Gasteiger partial charge in [0.15, 0.2) is 0 Å². The monoisotopic (exact) mass is 518 g/mol. The van der Waals surface area contributed by atoms with E-state index >= 15 is 0 Å². The maximum Gasteiger partial charge on any atom is 0.138 e. The van der Waals surface area contributed by atoms with Crippen LogP contribution in [0.15, 0.2) is 11.1 Å². The second-order valence-electron chi connectivity index (χ2n) is 14.9. The van der Waals surface area contributed by atoms with E-state index in [2.05, 4.69) is 41.5 Å². The highest BCUT2D eigenvalue weighted by Gasteiger charge is 2.69. The predicted molar refractivity (Wildman–Crippen MR) is 147 cm³/mol. The van der Waals surface area contributed by atoms with E-state index in [0.29, 0.717) is 37.6 Å². The lowest BCUT2D eigenvalue weighted by Crippen LogP contribution is -2.65. The Bertz CT molecular complexity index is 935. The van der Waals surface area contributed by atoms with E-state index in [4.69, 9.17) is 4.74 Å². The van der Waals surface area contributed by atoms with Crippen molar-refractivity contribution in [1.29, 1.82) is 0 Å². The van der Waals surface area contributed by atoms with Crippen LogP contribution in [0, 0.1) is 39.4 Å². The molecule has 0 aromatic heterocycles. The zero-order valence-electron chi connectivity index (χ0n) is 25.0. The average molecular weight is 519 g/mol. The molecule has 0 heterocycles. The molecule has 3 fully saturated rings. The molecule has 4 aliphatic rings. The molecule has 0 radical (unpaired) electrons. The normalized spacial score (nSPS) is 42.1. The Labute approximate surface area is 225 Å². The Morgan fingerprint density at radius 1 is 1.05 bits per heavy atom. The van der Waals surface area contributed by atoms with Gasteiger partial charge in [0.05, 0.1) is 17.8 Å². The highest BCUT2D eigenvalue weighted by Crippen LogP contribution is 2.74. The van der Waals surface area contributed by atoms with E-state index in [0.717, 1.165) is 32.1 Å². The molecule has 5 nitrogen and oxygen atoms in total. The number of carbonyl (C=O) groups excluding carboxylic acids is 1. The fraction of sp³-hybridized carbons (Fsp3) is 0.906. The standard InChI is InChI=1S/C32H54O5/c1-10-37-29(5,6)27(36)23(34)17-19(2)20-11-15-31(8)21(20)18-22(33)26-30(7)14-13-25(35)28(3,4)24(30)12-16-32(26,31)9/h19,22-24,26-27,33-34,36H,10-18H2,1-9H3/t19-,22+,23+,24+,26+,27-,30+,31+,32+/m1/s1. The van der Waals surface area contributed by atoms with Crippen molar-refractivity contribution in [2.24, 2.45) is 39.4 Å². The van der Waals surface area contributed by atoms with E-state index in [1.165, 1.54) is 11.1 Å². The van der Waals surface area contributed by atoms with Crippen molar-refractivity contribution in [3.8, 4) is 0 Å². The van der Waals surface area contributed by atoms with Crippen LogP contribution in [0.1, 0.15) is 114 Å². The van der Waals surface area contributed by atoms with Crippen molar-refractivity contribution in [2.75, 3.05) is 6.61 Å². The molecule has 4 rings (SSSR count). The van der Waals surface area contributed by atoms with Crippen LogP contribution >= 0.6 is 0 Å². The van der Waals surface area contributed by atoms with Gasteiger partial charge < -0.3 is 20.1 Å². The van der Waals surface area contributed by atoms with Gasteiger partial charge in [-0.1, -0.05) is 52.7 Å². The number of aliphatic hydroxyl groups is 3. The van der Waals surface area contributed by atoms with E-state index in [-0.39, 0.29) is 33.5 Å². The third kappa shape index (κ3) is 4.21. The summed E-state index contributed by atoms with van der Waals surface area (Å²) in [6.07, 6.45) is 4.58. The highest BCUT2D eigenvalue weighted by molar-refractivity contribution is 5.85. The summed E-state index contributed by atoms with van der Waals surface area (Å²) in [4.78, 5) is 12.9. The summed E-state index contributed by atoms with van der Waals surface area (Å²) < 4.78 is 5.71. The first-order chi connectivity index (χ1) is 17.0. The summed E-state index contributed by atoms with van der Waals surface area (Å²) in [6, 6.07) is 0. The second-order valence-corrected chi connectivity index (χ2v) is 14.9. The Balaban J connectivity index is 1.64. The Morgan fingerprint density at radius 2 is 1.70 bits per heavy atom. The molecule has 3 saturated carbocycles. The second kappa shape index (κ2) is 9.42. The van der Waals surface area contributed by atoms with Gasteiger partial charge in [-0.2, -0.15) is 0 Å². The minimum absolute atomic E-state index is 0.00816. The Morgan fingerprint density at radius 3 is 2.32 bits per heavy atom. The van der Waals surface area contributed by atoms with Gasteiger partial charge in [-0.25, -0.2) is 0 Å². The van der Waals surface area contributed by atoms with Gasteiger partial charge in [-0.05, 0) is 99.7 Å². The SMILES string of the molecule is CCOC(C)(C)[C@H](O)[C@@H](O)C[C@@H](C)C1=C2C[C@H](O)[C@H]3[C@@]4(C)CCC(=O)C(C)(C)[C@@H]4CC[C@]3(C)[C@@]2(C)CC1. The molecule has 0 unspecified atom stereocenters. The van der Waals surface area contributed by atoms with Crippen molar-refractivity contribution in [2.45, 2.75) is 138 Å². The van der Waals surface area contributed by atoms with E-state index in [1.54, 1.807) is 0 Å². The summed E-state index contributed by atoms with van der Waals surface area (Å²) >= 11 is 0. The minimum Gasteiger partial charge on any atom is -0.392 e. The predicted octanol–water partition coefficient (Wildman–Crippen LogP) is 5.84. The van der Waals surface area contributed by atoms with Gasteiger partial charge in [0.2, 0.25) is 0 Å². The first-order valence-corrected chi connectivity index (χ1v) is 14.9. The number of hydrogen-bond donors (Lipinski definition) is 3. The lowest BCUT2D eigenvalue weighted by Gasteiger charge is -2.69. The number of allylic oxidation sites excluding steroid dienone is 1. The van der Waals surface area contributed by atoms with E-state index < -0.39 is 23.9 Å². The maximum atomic E-state index is 12.9. The molecule has 0 aromatic carbocycles. The van der Waals surface area contributed by atoms with E-state index in [1.807, 2.05) is 20.8 Å². The number of Topliss-reactive ketones (excluding diaryl/α,β-unsaturated/α-hetero) is 1. The van der Waals surface area contributed by atoms with Crippen LogP contribution in [0.4, 0.5) is 0 Å². The van der Waals surface area contributed by atoms with Gasteiger partial charge in [0.25, 0.3) is 0 Å². The molecule has 5 heteroatoms. The lowest BCUT2D eigenvalue weighted by molar-refractivity contribution is -0.208. The topological polar surface area (TPSA) is 87.0 Å². The first-order valence-electron chi connectivity index (χ1n) is 14.9. The first kappa shape index (κ1) is 29.2. The molecule has 212 valence electrons. The van der Waals surface area contributed by atoms with Crippen LogP contribution in [-0.2, 0) is 9.53 Å². The van der Waals surface area contributed by atoms with Gasteiger partial charge in [-0.15, -0.1) is 0 Å². The number of ketones is 1. The number of fused-ring (bicyclic) bond motifs is 5. The Kier molecular flexibility index (Phi) is 7.44. The van der Waals surface area contributed by atoms with Crippen LogP contribution in [0.3, 0.4) is 0 Å². The summed E-state index contributed by atoms with van der Waals surface area (Å²) in [5.74, 6) is 1.01. The smallest absolute Gasteiger partial charge is 0.138 e.